The van der Waals surface area contributed by atoms with Crippen LogP contribution in [0.4, 0.5) is 0 Å². The Kier molecular flexibility index (Phi) is 2.96. The molecule has 2 heteroatoms. The summed E-state index contributed by atoms with van der Waals surface area (Å²) in [5.74, 6) is 0.731. The van der Waals surface area contributed by atoms with Crippen LogP contribution in [0.2, 0.25) is 0 Å². The number of aryl methyl sites for hydroxylation is 2. The fraction of sp³-hybridized carbons (Fsp3) is 0.471. The SMILES string of the molecule is CC(=O)CC1CCCc2c1c1cc(C)ccc1n2C. The summed E-state index contributed by atoms with van der Waals surface area (Å²) >= 11 is 0. The van der Waals surface area contributed by atoms with Crippen molar-refractivity contribution in [2.24, 2.45) is 7.05 Å². The van der Waals surface area contributed by atoms with Crippen molar-refractivity contribution < 1.29 is 4.79 Å². The predicted octanol–water partition coefficient (Wildman–Crippen LogP) is 3.89. The molecule has 0 fully saturated rings. The molecule has 0 spiro atoms. The number of hydrogen-bond acceptors (Lipinski definition) is 1. The standard InChI is InChI=1S/C17H21NO/c1-11-7-8-15-14(9-11)17-13(10-12(2)19)5-4-6-16(17)18(15)3/h7-9,13H,4-6,10H2,1-3H3. The largest absolute Gasteiger partial charge is 0.347 e. The van der Waals surface area contributed by atoms with Crippen LogP contribution in [0.3, 0.4) is 0 Å². The highest BCUT2D eigenvalue weighted by atomic mass is 16.1. The van der Waals surface area contributed by atoms with Crippen LogP contribution in [-0.4, -0.2) is 10.4 Å². The molecule has 1 aromatic carbocycles. The number of Topliss-reactive ketones (excluding diaryl/α,β-unsaturated/α-hetero) is 1. The van der Waals surface area contributed by atoms with E-state index in [0.29, 0.717) is 18.1 Å². The van der Waals surface area contributed by atoms with Crippen LogP contribution in [0.1, 0.15) is 48.9 Å². The summed E-state index contributed by atoms with van der Waals surface area (Å²) in [6.07, 6.45) is 4.20. The van der Waals surface area contributed by atoms with Crippen LogP contribution in [-0.2, 0) is 18.3 Å². The molecule has 1 unspecified atom stereocenters. The summed E-state index contributed by atoms with van der Waals surface area (Å²) < 4.78 is 2.33. The lowest BCUT2D eigenvalue weighted by molar-refractivity contribution is -0.117. The second-order valence-corrected chi connectivity index (χ2v) is 5.94. The molecule has 19 heavy (non-hydrogen) atoms. The molecule has 0 N–H and O–H groups in total. The molecule has 0 bridgehead atoms. The van der Waals surface area contributed by atoms with E-state index in [2.05, 4.69) is 36.7 Å². The van der Waals surface area contributed by atoms with E-state index < -0.39 is 0 Å². The van der Waals surface area contributed by atoms with Crippen molar-refractivity contribution >= 4 is 16.7 Å². The number of carbonyl (C=O) groups excluding carboxylic acids is 1. The minimum absolute atomic E-state index is 0.308. The average Bonchev–Trinajstić information content (AvgIpc) is 2.63. The van der Waals surface area contributed by atoms with Gasteiger partial charge in [0.05, 0.1) is 0 Å². The molecular weight excluding hydrogens is 234 g/mol. The number of ketones is 1. The van der Waals surface area contributed by atoms with E-state index >= 15 is 0 Å². The average molecular weight is 255 g/mol. The van der Waals surface area contributed by atoms with Crippen molar-refractivity contribution in [3.63, 3.8) is 0 Å². The number of rotatable bonds is 2. The van der Waals surface area contributed by atoms with Crippen molar-refractivity contribution in [1.82, 2.24) is 4.57 Å². The monoisotopic (exact) mass is 255 g/mol. The highest BCUT2D eigenvalue weighted by Gasteiger charge is 2.27. The Labute approximate surface area is 114 Å². The number of nitrogens with zero attached hydrogens (tertiary/aromatic N) is 1. The number of fused-ring (bicyclic) bond motifs is 3. The Morgan fingerprint density at radius 2 is 2.21 bits per heavy atom. The van der Waals surface area contributed by atoms with Crippen molar-refractivity contribution in [3.05, 3.63) is 35.0 Å². The molecule has 100 valence electrons. The van der Waals surface area contributed by atoms with Crippen LogP contribution in [0, 0.1) is 6.92 Å². The van der Waals surface area contributed by atoms with Crippen molar-refractivity contribution in [2.45, 2.75) is 45.4 Å². The van der Waals surface area contributed by atoms with Gasteiger partial charge in [-0.1, -0.05) is 11.6 Å². The molecule has 0 aliphatic heterocycles. The van der Waals surface area contributed by atoms with Crippen molar-refractivity contribution in [2.75, 3.05) is 0 Å². The van der Waals surface area contributed by atoms with Gasteiger partial charge in [0, 0.05) is 30.1 Å². The van der Waals surface area contributed by atoms with Crippen LogP contribution in [0.25, 0.3) is 10.9 Å². The Bertz CT molecular complexity index is 651. The van der Waals surface area contributed by atoms with Gasteiger partial charge in [0.1, 0.15) is 5.78 Å². The Morgan fingerprint density at radius 1 is 1.42 bits per heavy atom. The van der Waals surface area contributed by atoms with E-state index in [1.807, 2.05) is 0 Å². The molecule has 0 amide bonds. The normalized spacial score (nSPS) is 18.6. The number of benzene rings is 1. The summed E-state index contributed by atoms with van der Waals surface area (Å²) in [4.78, 5) is 11.5. The van der Waals surface area contributed by atoms with Crippen LogP contribution in [0.15, 0.2) is 18.2 Å². The van der Waals surface area contributed by atoms with Gasteiger partial charge in [0.2, 0.25) is 0 Å². The van der Waals surface area contributed by atoms with Gasteiger partial charge in [-0.25, -0.2) is 0 Å². The lowest BCUT2D eigenvalue weighted by Gasteiger charge is -2.23. The minimum Gasteiger partial charge on any atom is -0.347 e. The molecular formula is C17H21NO. The highest BCUT2D eigenvalue weighted by Crippen LogP contribution is 2.40. The lowest BCUT2D eigenvalue weighted by atomic mass is 9.82. The van der Waals surface area contributed by atoms with Crippen molar-refractivity contribution in [1.29, 1.82) is 0 Å². The second-order valence-electron chi connectivity index (χ2n) is 5.94. The first kappa shape index (κ1) is 12.5. The lowest BCUT2D eigenvalue weighted by Crippen LogP contribution is -2.13. The van der Waals surface area contributed by atoms with Gasteiger partial charge in [-0.15, -0.1) is 0 Å². The Hall–Kier alpha value is -1.57. The van der Waals surface area contributed by atoms with Gasteiger partial charge in [-0.3, -0.25) is 0 Å². The van der Waals surface area contributed by atoms with Gasteiger partial charge in [0.15, 0.2) is 0 Å². The molecule has 0 saturated heterocycles. The molecule has 1 aromatic heterocycles. The van der Waals surface area contributed by atoms with E-state index in [0.717, 1.165) is 12.8 Å². The van der Waals surface area contributed by atoms with Gasteiger partial charge >= 0.3 is 0 Å². The second kappa shape index (κ2) is 4.52. The summed E-state index contributed by atoms with van der Waals surface area (Å²) in [5.41, 5.74) is 5.50. The van der Waals surface area contributed by atoms with Gasteiger partial charge < -0.3 is 9.36 Å². The zero-order valence-corrected chi connectivity index (χ0v) is 12.0. The number of aromatic nitrogens is 1. The summed E-state index contributed by atoms with van der Waals surface area (Å²) in [6.45, 7) is 3.85. The van der Waals surface area contributed by atoms with E-state index in [9.17, 15) is 4.79 Å². The van der Waals surface area contributed by atoms with E-state index in [1.54, 1.807) is 6.92 Å². The molecule has 0 saturated carbocycles. The van der Waals surface area contributed by atoms with Gasteiger partial charge in [-0.05, 0) is 56.7 Å². The smallest absolute Gasteiger partial charge is 0.130 e. The molecule has 1 heterocycles. The molecule has 2 nitrogen and oxygen atoms in total. The molecule has 1 aliphatic carbocycles. The first-order valence-corrected chi connectivity index (χ1v) is 7.15. The molecule has 1 aliphatic rings. The zero-order chi connectivity index (χ0) is 13.6. The number of carbonyl (C=O) groups is 1. The fourth-order valence-corrected chi connectivity index (χ4v) is 3.61. The van der Waals surface area contributed by atoms with E-state index in [1.165, 1.54) is 34.1 Å². The summed E-state index contributed by atoms with van der Waals surface area (Å²) in [7, 11) is 2.16. The molecule has 1 atom stereocenters. The third kappa shape index (κ3) is 1.99. The van der Waals surface area contributed by atoms with Crippen LogP contribution < -0.4 is 0 Å². The third-order valence-electron chi connectivity index (χ3n) is 4.43. The molecule has 0 radical (unpaired) electrons. The maximum atomic E-state index is 11.5. The highest BCUT2D eigenvalue weighted by molar-refractivity contribution is 5.88. The predicted molar refractivity (Wildman–Crippen MR) is 78.6 cm³/mol. The maximum absolute atomic E-state index is 11.5. The van der Waals surface area contributed by atoms with Crippen molar-refractivity contribution in [3.8, 4) is 0 Å². The maximum Gasteiger partial charge on any atom is 0.130 e. The summed E-state index contributed by atoms with van der Waals surface area (Å²) in [6, 6.07) is 6.67. The Balaban J connectivity index is 2.23. The fourth-order valence-electron chi connectivity index (χ4n) is 3.61. The van der Waals surface area contributed by atoms with Crippen LogP contribution in [0.5, 0.6) is 0 Å². The first-order valence-electron chi connectivity index (χ1n) is 7.15. The van der Waals surface area contributed by atoms with E-state index in [-0.39, 0.29) is 0 Å². The van der Waals surface area contributed by atoms with Gasteiger partial charge in [0.25, 0.3) is 0 Å². The summed E-state index contributed by atoms with van der Waals surface area (Å²) in [5, 5.41) is 1.36. The third-order valence-corrected chi connectivity index (χ3v) is 4.43. The quantitative estimate of drug-likeness (QED) is 0.798. The minimum atomic E-state index is 0.308. The first-order chi connectivity index (χ1) is 9.08. The topological polar surface area (TPSA) is 22.0 Å². The number of hydrogen-bond donors (Lipinski definition) is 0. The molecule has 2 aromatic rings. The van der Waals surface area contributed by atoms with Crippen LogP contribution >= 0.6 is 0 Å². The molecule has 3 rings (SSSR count). The Morgan fingerprint density at radius 3 is 2.95 bits per heavy atom. The van der Waals surface area contributed by atoms with Gasteiger partial charge in [-0.2, -0.15) is 0 Å². The zero-order valence-electron chi connectivity index (χ0n) is 12.0. The van der Waals surface area contributed by atoms with E-state index in [4.69, 9.17) is 0 Å².